The minimum absolute atomic E-state index is 1.06. The molecular weight excluding hydrogens is 299 g/mol. The maximum absolute atomic E-state index is 2.61. The SMILES string of the molecule is CCN(C)CC[CH2][In]([CH3])[CH2]CCN(C)CC. The molecule has 0 amide bonds. The predicted molar refractivity (Wildman–Crippen MR) is 76.8 cm³/mol. The van der Waals surface area contributed by atoms with Crippen molar-refractivity contribution >= 4 is 21.4 Å². The quantitative estimate of drug-likeness (QED) is 0.608. The molecule has 0 saturated heterocycles. The van der Waals surface area contributed by atoms with E-state index in [1.54, 1.807) is 8.35 Å². The summed E-state index contributed by atoms with van der Waals surface area (Å²) in [5, 5.41) is 0. The van der Waals surface area contributed by atoms with Crippen LogP contribution in [0.3, 0.4) is 0 Å². The summed E-state index contributed by atoms with van der Waals surface area (Å²) in [7, 11) is 4.47. The van der Waals surface area contributed by atoms with Crippen LogP contribution >= 0.6 is 0 Å². The van der Waals surface area contributed by atoms with Crippen molar-refractivity contribution in [3.63, 3.8) is 0 Å². The monoisotopic (exact) mass is 330 g/mol. The van der Waals surface area contributed by atoms with Crippen LogP contribution in [0, 0.1) is 0 Å². The molecule has 0 aliphatic heterocycles. The molecule has 96 valence electrons. The van der Waals surface area contributed by atoms with Crippen LogP contribution in [0.1, 0.15) is 26.7 Å². The standard InChI is InChI=1S/2C6H14N.CH3.In/c2*1-4-6-7(3)5-2;;/h2*1,4-6H2,2-3H3;1H3;. The molecule has 0 spiro atoms. The van der Waals surface area contributed by atoms with Gasteiger partial charge in [0.15, 0.2) is 0 Å². The van der Waals surface area contributed by atoms with Crippen molar-refractivity contribution in [1.82, 2.24) is 9.80 Å². The van der Waals surface area contributed by atoms with E-state index in [1.165, 1.54) is 39.0 Å². The summed E-state index contributed by atoms with van der Waals surface area (Å²) in [6, 6.07) is 0. The summed E-state index contributed by atoms with van der Waals surface area (Å²) in [5.74, 6) is 0. The van der Waals surface area contributed by atoms with Crippen molar-refractivity contribution in [2.75, 3.05) is 40.3 Å². The summed E-state index contributed by atoms with van der Waals surface area (Å²) >= 11 is -1.06. The van der Waals surface area contributed by atoms with Gasteiger partial charge >= 0.3 is 111 Å². The van der Waals surface area contributed by atoms with Crippen molar-refractivity contribution in [1.29, 1.82) is 0 Å². The van der Waals surface area contributed by atoms with Gasteiger partial charge in [0, 0.05) is 0 Å². The molecule has 0 aromatic carbocycles. The van der Waals surface area contributed by atoms with Gasteiger partial charge in [-0.05, 0) is 0 Å². The Morgan fingerprint density at radius 3 is 1.50 bits per heavy atom. The summed E-state index contributed by atoms with van der Waals surface area (Å²) < 4.78 is 5.81. The van der Waals surface area contributed by atoms with E-state index >= 15 is 0 Å². The topological polar surface area (TPSA) is 6.48 Å². The van der Waals surface area contributed by atoms with E-state index in [4.69, 9.17) is 0 Å². The van der Waals surface area contributed by atoms with Gasteiger partial charge in [-0.25, -0.2) is 0 Å². The molecule has 0 radical (unpaired) electrons. The molecule has 0 aromatic rings. The van der Waals surface area contributed by atoms with E-state index in [9.17, 15) is 0 Å². The summed E-state index contributed by atoms with van der Waals surface area (Å²) in [6.07, 6.45) is 2.90. The number of hydrogen-bond acceptors (Lipinski definition) is 2. The van der Waals surface area contributed by atoms with Gasteiger partial charge in [0.2, 0.25) is 0 Å². The zero-order valence-electron chi connectivity index (χ0n) is 12.1. The average molecular weight is 330 g/mol. The fourth-order valence-electron chi connectivity index (χ4n) is 1.88. The molecule has 0 bridgehead atoms. The fourth-order valence-corrected chi connectivity index (χ4v) is 7.72. The third-order valence-electron chi connectivity index (χ3n) is 3.55. The normalized spacial score (nSPS) is 11.4. The third-order valence-corrected chi connectivity index (χ3v) is 11.5. The molecule has 0 atom stereocenters. The molecule has 0 aliphatic carbocycles. The Bertz CT molecular complexity index is 137. The van der Waals surface area contributed by atoms with Crippen LogP contribution in [-0.4, -0.2) is 71.5 Å². The van der Waals surface area contributed by atoms with E-state index in [2.05, 4.69) is 42.4 Å². The van der Waals surface area contributed by atoms with Gasteiger partial charge < -0.3 is 0 Å². The molecule has 0 saturated carbocycles. The molecule has 0 heterocycles. The molecule has 2 nitrogen and oxygen atoms in total. The molecule has 0 fully saturated rings. The van der Waals surface area contributed by atoms with Gasteiger partial charge in [0.05, 0.1) is 0 Å². The van der Waals surface area contributed by atoms with Crippen LogP contribution in [0.2, 0.25) is 13.0 Å². The summed E-state index contributed by atoms with van der Waals surface area (Å²) in [5.41, 5.74) is 0. The Morgan fingerprint density at radius 1 is 0.812 bits per heavy atom. The molecule has 0 unspecified atom stereocenters. The van der Waals surface area contributed by atoms with Crippen molar-refractivity contribution in [3.8, 4) is 0 Å². The Kier molecular flexibility index (Phi) is 11.5. The van der Waals surface area contributed by atoms with E-state index in [0.717, 1.165) is 0 Å². The number of hydrogen-bond donors (Lipinski definition) is 0. The minimum atomic E-state index is -1.06. The van der Waals surface area contributed by atoms with E-state index in [-0.39, 0.29) is 0 Å². The van der Waals surface area contributed by atoms with E-state index < -0.39 is 21.4 Å². The molecule has 0 aliphatic rings. The maximum atomic E-state index is 2.61. The molecule has 3 heteroatoms. The van der Waals surface area contributed by atoms with Gasteiger partial charge in [-0.2, -0.15) is 0 Å². The van der Waals surface area contributed by atoms with Crippen LogP contribution < -0.4 is 0 Å². The van der Waals surface area contributed by atoms with E-state index in [1.807, 2.05) is 0 Å². The third kappa shape index (κ3) is 9.98. The zero-order chi connectivity index (χ0) is 12.4. The van der Waals surface area contributed by atoms with Gasteiger partial charge in [-0.15, -0.1) is 0 Å². The van der Waals surface area contributed by atoms with Crippen LogP contribution in [0.5, 0.6) is 0 Å². The van der Waals surface area contributed by atoms with Crippen molar-refractivity contribution < 1.29 is 0 Å². The van der Waals surface area contributed by atoms with Gasteiger partial charge in [0.25, 0.3) is 0 Å². The van der Waals surface area contributed by atoms with Gasteiger partial charge in [-0.3, -0.25) is 0 Å². The first-order valence-electron chi connectivity index (χ1n) is 6.97. The molecule has 0 rings (SSSR count). The molecule has 16 heavy (non-hydrogen) atoms. The van der Waals surface area contributed by atoms with Crippen molar-refractivity contribution in [2.45, 2.75) is 39.7 Å². The summed E-state index contributed by atoms with van der Waals surface area (Å²) in [6.45, 7) is 9.51. The van der Waals surface area contributed by atoms with Crippen LogP contribution in [0.15, 0.2) is 0 Å². The zero-order valence-corrected chi connectivity index (χ0v) is 15.4. The second kappa shape index (κ2) is 10.9. The second-order valence-corrected chi connectivity index (χ2v) is 14.8. The predicted octanol–water partition coefficient (Wildman–Crippen LogP) is 2.79. The van der Waals surface area contributed by atoms with Crippen LogP contribution in [0.25, 0.3) is 0 Å². The molecule has 0 aromatic heterocycles. The Labute approximate surface area is 111 Å². The second-order valence-electron chi connectivity index (χ2n) is 5.18. The number of rotatable bonds is 10. The first kappa shape index (κ1) is 16.8. The Hall–Kier alpha value is 0.790. The first-order chi connectivity index (χ1) is 7.60. The van der Waals surface area contributed by atoms with Crippen LogP contribution in [0.4, 0.5) is 0 Å². The molecular formula is C13H31InN2. The fraction of sp³-hybridized carbons (Fsp3) is 1.00. The van der Waals surface area contributed by atoms with Crippen molar-refractivity contribution in [2.24, 2.45) is 0 Å². The number of nitrogens with zero attached hydrogens (tertiary/aromatic N) is 2. The van der Waals surface area contributed by atoms with E-state index in [0.29, 0.717) is 0 Å². The summed E-state index contributed by atoms with van der Waals surface area (Å²) in [4.78, 5) is 4.87. The van der Waals surface area contributed by atoms with Crippen molar-refractivity contribution in [3.05, 3.63) is 0 Å². The first-order valence-corrected chi connectivity index (χ1v) is 14.9. The molecule has 0 N–H and O–H groups in total. The van der Waals surface area contributed by atoms with Crippen LogP contribution in [-0.2, 0) is 0 Å². The van der Waals surface area contributed by atoms with Gasteiger partial charge in [-0.1, -0.05) is 0 Å². The Morgan fingerprint density at radius 2 is 1.19 bits per heavy atom. The Balaban J connectivity index is 3.34. The average Bonchev–Trinajstić information content (AvgIpc) is 2.28. The van der Waals surface area contributed by atoms with Gasteiger partial charge in [0.1, 0.15) is 0 Å².